The molecule has 0 aliphatic heterocycles. The van der Waals surface area contributed by atoms with E-state index in [9.17, 15) is 24.2 Å². The lowest BCUT2D eigenvalue weighted by Gasteiger charge is -2.13. The monoisotopic (exact) mass is 445 g/mol. The third kappa shape index (κ3) is 3.96. The molecule has 0 aliphatic rings. The number of benzene rings is 3. The number of hydrogen-bond donors (Lipinski definition) is 2. The van der Waals surface area contributed by atoms with Gasteiger partial charge in [0.2, 0.25) is 5.88 Å². The summed E-state index contributed by atoms with van der Waals surface area (Å²) in [6.07, 6.45) is 0. The molecule has 1 heterocycles. The molecule has 0 amide bonds. The van der Waals surface area contributed by atoms with Gasteiger partial charge in [0, 0.05) is 16.8 Å². The number of hydrogen-bond acceptors (Lipinski definition) is 5. The summed E-state index contributed by atoms with van der Waals surface area (Å²) in [6, 6.07) is 19.9. The maximum atomic E-state index is 14.9. The van der Waals surface area contributed by atoms with Crippen LogP contribution in [0.15, 0.2) is 78.9 Å². The fourth-order valence-corrected chi connectivity index (χ4v) is 3.62. The average molecular weight is 445 g/mol. The lowest BCUT2D eigenvalue weighted by molar-refractivity contribution is 0.0526. The van der Waals surface area contributed by atoms with E-state index in [4.69, 9.17) is 4.74 Å². The van der Waals surface area contributed by atoms with Crippen LogP contribution in [0, 0.1) is 5.82 Å². The van der Waals surface area contributed by atoms with Crippen LogP contribution in [0.5, 0.6) is 11.6 Å². The molecule has 4 aromatic rings. The van der Waals surface area contributed by atoms with Gasteiger partial charge < -0.3 is 14.9 Å². The molecule has 166 valence electrons. The highest BCUT2D eigenvalue weighted by molar-refractivity contribution is 6.15. The number of carbonyl (C=O) groups is 2. The van der Waals surface area contributed by atoms with E-state index in [-0.39, 0.29) is 34.6 Å². The summed E-state index contributed by atoms with van der Waals surface area (Å²) in [5, 5.41) is 21.6. The molecule has 4 rings (SSSR count). The second kappa shape index (κ2) is 9.00. The van der Waals surface area contributed by atoms with E-state index in [0.29, 0.717) is 5.69 Å². The highest BCUT2D eigenvalue weighted by Crippen LogP contribution is 2.44. The van der Waals surface area contributed by atoms with Gasteiger partial charge in [-0.15, -0.1) is 0 Å². The third-order valence-electron chi connectivity index (χ3n) is 5.15. The Balaban J connectivity index is 1.96. The van der Waals surface area contributed by atoms with Crippen LogP contribution in [0.2, 0.25) is 0 Å². The largest absolute Gasteiger partial charge is 0.503 e. The first-order chi connectivity index (χ1) is 15.9. The van der Waals surface area contributed by atoms with Crippen LogP contribution >= 0.6 is 0 Å². The second-order valence-electron chi connectivity index (χ2n) is 7.17. The molecule has 0 saturated carbocycles. The van der Waals surface area contributed by atoms with Crippen molar-refractivity contribution in [2.24, 2.45) is 0 Å². The Hall–Kier alpha value is -4.39. The fourth-order valence-electron chi connectivity index (χ4n) is 3.62. The van der Waals surface area contributed by atoms with Crippen molar-refractivity contribution in [1.82, 2.24) is 4.57 Å². The molecule has 3 aromatic carbocycles. The molecule has 0 spiro atoms. The Morgan fingerprint density at radius 3 is 2.15 bits per heavy atom. The van der Waals surface area contributed by atoms with E-state index >= 15 is 0 Å². The van der Waals surface area contributed by atoms with E-state index in [2.05, 4.69) is 0 Å². The summed E-state index contributed by atoms with van der Waals surface area (Å²) < 4.78 is 21.0. The molecule has 6 nitrogen and oxygen atoms in total. The first kappa shape index (κ1) is 21.8. The van der Waals surface area contributed by atoms with Gasteiger partial charge in [-0.25, -0.2) is 9.18 Å². The summed E-state index contributed by atoms with van der Waals surface area (Å²) in [5.74, 6) is -3.03. The van der Waals surface area contributed by atoms with Crippen molar-refractivity contribution in [3.05, 3.63) is 101 Å². The minimum Gasteiger partial charge on any atom is -0.503 e. The molecule has 0 atom stereocenters. The molecular weight excluding hydrogens is 425 g/mol. The standard InChI is InChI=1S/C26H20FNO5/c1-2-33-26(32)17-12-14-18(15-13-17)28-22(19-10-6-7-11-20(19)27)21(24(30)25(28)31)23(29)16-8-4-3-5-9-16/h3-15,30-31H,2H2,1H3. The number of aromatic hydroxyl groups is 2. The smallest absolute Gasteiger partial charge is 0.338 e. The molecule has 0 unspecified atom stereocenters. The maximum absolute atomic E-state index is 14.9. The molecule has 0 radical (unpaired) electrons. The molecule has 0 bridgehead atoms. The Morgan fingerprint density at radius 2 is 1.52 bits per heavy atom. The van der Waals surface area contributed by atoms with Crippen molar-refractivity contribution < 1.29 is 28.9 Å². The van der Waals surface area contributed by atoms with Gasteiger partial charge in [0.05, 0.1) is 23.4 Å². The van der Waals surface area contributed by atoms with Gasteiger partial charge in [-0.1, -0.05) is 42.5 Å². The van der Waals surface area contributed by atoms with E-state index in [1.165, 1.54) is 47.0 Å². The lowest BCUT2D eigenvalue weighted by atomic mass is 9.99. The first-order valence-corrected chi connectivity index (χ1v) is 10.2. The lowest BCUT2D eigenvalue weighted by Crippen LogP contribution is -2.07. The number of rotatable bonds is 6. The average Bonchev–Trinajstić information content (AvgIpc) is 3.10. The molecule has 2 N–H and O–H groups in total. The molecule has 33 heavy (non-hydrogen) atoms. The van der Waals surface area contributed by atoms with E-state index in [0.717, 1.165) is 0 Å². The normalized spacial score (nSPS) is 10.7. The van der Waals surface area contributed by atoms with Crippen LogP contribution in [0.1, 0.15) is 33.2 Å². The minimum atomic E-state index is -0.670. The quantitative estimate of drug-likeness (QED) is 0.318. The van der Waals surface area contributed by atoms with Crippen LogP contribution in [-0.2, 0) is 4.74 Å². The molecule has 0 aliphatic carbocycles. The third-order valence-corrected chi connectivity index (χ3v) is 5.15. The Bertz CT molecular complexity index is 1330. The van der Waals surface area contributed by atoms with Gasteiger partial charge in [-0.2, -0.15) is 0 Å². The topological polar surface area (TPSA) is 88.8 Å². The zero-order chi connectivity index (χ0) is 23.5. The zero-order valence-electron chi connectivity index (χ0n) is 17.7. The Labute approximate surface area is 189 Å². The van der Waals surface area contributed by atoms with Crippen molar-refractivity contribution in [2.75, 3.05) is 6.61 Å². The van der Waals surface area contributed by atoms with Gasteiger partial charge in [0.1, 0.15) is 5.82 Å². The van der Waals surface area contributed by atoms with Crippen LogP contribution < -0.4 is 0 Å². The number of ether oxygens (including phenoxy) is 1. The van der Waals surface area contributed by atoms with Gasteiger partial charge in [0.15, 0.2) is 11.5 Å². The fraction of sp³-hybridized carbons (Fsp3) is 0.0769. The summed E-state index contributed by atoms with van der Waals surface area (Å²) in [5.41, 5.74) is 0.617. The molecule has 0 saturated heterocycles. The summed E-state index contributed by atoms with van der Waals surface area (Å²) >= 11 is 0. The first-order valence-electron chi connectivity index (χ1n) is 10.2. The van der Waals surface area contributed by atoms with Gasteiger partial charge >= 0.3 is 5.97 Å². The van der Waals surface area contributed by atoms with Gasteiger partial charge in [-0.3, -0.25) is 9.36 Å². The van der Waals surface area contributed by atoms with Crippen LogP contribution in [0.3, 0.4) is 0 Å². The SMILES string of the molecule is CCOC(=O)c1ccc(-n2c(O)c(O)c(C(=O)c3ccccc3)c2-c2ccccc2F)cc1. The van der Waals surface area contributed by atoms with Crippen molar-refractivity contribution in [3.8, 4) is 28.6 Å². The molecule has 1 aromatic heterocycles. The number of nitrogens with zero attached hydrogens (tertiary/aromatic N) is 1. The van der Waals surface area contributed by atoms with Crippen molar-refractivity contribution >= 4 is 11.8 Å². The van der Waals surface area contributed by atoms with Crippen molar-refractivity contribution in [3.63, 3.8) is 0 Å². The summed E-state index contributed by atoms with van der Waals surface area (Å²) in [4.78, 5) is 25.3. The highest BCUT2D eigenvalue weighted by atomic mass is 19.1. The van der Waals surface area contributed by atoms with Crippen LogP contribution in [0.25, 0.3) is 16.9 Å². The zero-order valence-corrected chi connectivity index (χ0v) is 17.7. The highest BCUT2D eigenvalue weighted by Gasteiger charge is 2.31. The number of halogens is 1. The molecule has 7 heteroatoms. The van der Waals surface area contributed by atoms with E-state index < -0.39 is 29.2 Å². The second-order valence-corrected chi connectivity index (χ2v) is 7.17. The number of carbonyl (C=O) groups excluding carboxylic acids is 2. The van der Waals surface area contributed by atoms with Gasteiger partial charge in [-0.05, 0) is 43.3 Å². The summed E-state index contributed by atoms with van der Waals surface area (Å²) in [6.45, 7) is 1.91. The number of ketones is 1. The number of esters is 1. The molecular formula is C26H20FNO5. The predicted molar refractivity (Wildman–Crippen MR) is 120 cm³/mol. The maximum Gasteiger partial charge on any atom is 0.338 e. The Morgan fingerprint density at radius 1 is 0.879 bits per heavy atom. The van der Waals surface area contributed by atoms with Crippen LogP contribution in [0.4, 0.5) is 4.39 Å². The Kier molecular flexibility index (Phi) is 5.95. The predicted octanol–water partition coefficient (Wildman–Crippen LogP) is 5.10. The molecule has 0 fully saturated rings. The van der Waals surface area contributed by atoms with E-state index in [1.54, 1.807) is 43.3 Å². The van der Waals surface area contributed by atoms with Crippen molar-refractivity contribution in [2.45, 2.75) is 6.92 Å². The van der Waals surface area contributed by atoms with Crippen LogP contribution in [-0.4, -0.2) is 33.1 Å². The number of aromatic nitrogens is 1. The van der Waals surface area contributed by atoms with Gasteiger partial charge in [0.25, 0.3) is 0 Å². The summed E-state index contributed by atoms with van der Waals surface area (Å²) in [7, 11) is 0. The van der Waals surface area contributed by atoms with Crippen molar-refractivity contribution in [1.29, 1.82) is 0 Å². The van der Waals surface area contributed by atoms with E-state index in [1.807, 2.05) is 0 Å². The minimum absolute atomic E-state index is 0.0131.